The van der Waals surface area contributed by atoms with Crippen LogP contribution in [0, 0.1) is 0 Å². The van der Waals surface area contributed by atoms with Crippen LogP contribution in [0.1, 0.15) is 24.8 Å². The van der Waals surface area contributed by atoms with E-state index in [9.17, 15) is 5.11 Å². The van der Waals surface area contributed by atoms with E-state index in [1.54, 1.807) is 0 Å². The fourth-order valence-electron chi connectivity index (χ4n) is 2.53. The van der Waals surface area contributed by atoms with Crippen molar-refractivity contribution in [2.24, 2.45) is 0 Å². The van der Waals surface area contributed by atoms with Crippen LogP contribution in [0.4, 0.5) is 5.69 Å². The first-order valence-electron chi connectivity index (χ1n) is 6.03. The summed E-state index contributed by atoms with van der Waals surface area (Å²) < 4.78 is 0. The maximum Gasteiger partial charge on any atom is 0.0702 e. The van der Waals surface area contributed by atoms with Crippen molar-refractivity contribution in [3.8, 4) is 0 Å². The van der Waals surface area contributed by atoms with Crippen LogP contribution >= 0.6 is 11.6 Å². The number of nitrogens with zero attached hydrogens (tertiary/aromatic N) is 1. The maximum atomic E-state index is 9.40. The predicted octanol–water partition coefficient (Wildman–Crippen LogP) is 3.38. The van der Waals surface area contributed by atoms with Gasteiger partial charge in [-0.25, -0.2) is 0 Å². The van der Waals surface area contributed by atoms with Crippen molar-refractivity contribution in [3.63, 3.8) is 0 Å². The van der Waals surface area contributed by atoms with E-state index in [0.717, 1.165) is 29.2 Å². The molecule has 0 aliphatic carbocycles. The van der Waals surface area contributed by atoms with Gasteiger partial charge < -0.3 is 10.0 Å². The third-order valence-electron chi connectivity index (χ3n) is 3.34. The molecule has 1 aliphatic heterocycles. The van der Waals surface area contributed by atoms with Crippen LogP contribution < -0.4 is 4.90 Å². The van der Waals surface area contributed by atoms with E-state index in [0.29, 0.717) is 6.04 Å². The molecule has 1 N–H and O–H groups in total. The second-order valence-electron chi connectivity index (χ2n) is 4.44. The third-order valence-corrected chi connectivity index (χ3v) is 3.58. The highest BCUT2D eigenvalue weighted by Gasteiger charge is 2.25. The molecular weight excluding hydrogens is 234 g/mol. The Balaban J connectivity index is 2.31. The maximum absolute atomic E-state index is 9.40. The monoisotopic (exact) mass is 251 g/mol. The summed E-state index contributed by atoms with van der Waals surface area (Å²) in [4.78, 5) is 2.35. The zero-order valence-electron chi connectivity index (χ0n) is 9.90. The van der Waals surface area contributed by atoms with Gasteiger partial charge in [0, 0.05) is 28.9 Å². The highest BCUT2D eigenvalue weighted by Crippen LogP contribution is 2.32. The van der Waals surface area contributed by atoms with Gasteiger partial charge in [-0.05, 0) is 31.4 Å². The molecule has 0 bridgehead atoms. The molecular formula is C14H18ClNO. The Labute approximate surface area is 108 Å². The van der Waals surface area contributed by atoms with Gasteiger partial charge in [0.2, 0.25) is 0 Å². The van der Waals surface area contributed by atoms with E-state index in [2.05, 4.69) is 11.5 Å². The zero-order valence-corrected chi connectivity index (χ0v) is 10.7. The van der Waals surface area contributed by atoms with Gasteiger partial charge in [-0.15, -0.1) is 6.58 Å². The smallest absolute Gasteiger partial charge is 0.0702 e. The van der Waals surface area contributed by atoms with Crippen molar-refractivity contribution < 1.29 is 5.11 Å². The lowest BCUT2D eigenvalue weighted by Gasteiger charge is -2.28. The quantitative estimate of drug-likeness (QED) is 0.830. The summed E-state index contributed by atoms with van der Waals surface area (Å²) in [6.07, 6.45) is 5.32. The molecule has 0 spiro atoms. The first-order valence-corrected chi connectivity index (χ1v) is 6.41. The molecule has 1 heterocycles. The van der Waals surface area contributed by atoms with Crippen LogP contribution in [0.25, 0.3) is 0 Å². The molecule has 0 saturated carbocycles. The van der Waals surface area contributed by atoms with E-state index in [-0.39, 0.29) is 6.61 Å². The van der Waals surface area contributed by atoms with Crippen LogP contribution in [-0.2, 0) is 6.61 Å². The van der Waals surface area contributed by atoms with Crippen LogP contribution in [0.3, 0.4) is 0 Å². The van der Waals surface area contributed by atoms with Gasteiger partial charge in [0.25, 0.3) is 0 Å². The number of benzene rings is 1. The molecule has 1 saturated heterocycles. The van der Waals surface area contributed by atoms with Gasteiger partial charge in [0.05, 0.1) is 6.61 Å². The SMILES string of the molecule is C=CCC1CCCN1c1cc(Cl)ccc1CO. The minimum atomic E-state index is 0.0593. The minimum absolute atomic E-state index is 0.0593. The molecule has 1 aliphatic rings. The Hall–Kier alpha value is -0.990. The number of halogens is 1. The number of anilines is 1. The van der Waals surface area contributed by atoms with Crippen LogP contribution in [0.15, 0.2) is 30.9 Å². The van der Waals surface area contributed by atoms with E-state index < -0.39 is 0 Å². The summed E-state index contributed by atoms with van der Waals surface area (Å²) in [6, 6.07) is 6.18. The van der Waals surface area contributed by atoms with Crippen LogP contribution in [-0.4, -0.2) is 17.7 Å². The van der Waals surface area contributed by atoms with Crippen molar-refractivity contribution in [3.05, 3.63) is 41.4 Å². The van der Waals surface area contributed by atoms with E-state index in [1.807, 2.05) is 24.3 Å². The van der Waals surface area contributed by atoms with Crippen LogP contribution in [0.2, 0.25) is 5.02 Å². The topological polar surface area (TPSA) is 23.5 Å². The molecule has 1 aromatic rings. The highest BCUT2D eigenvalue weighted by atomic mass is 35.5. The minimum Gasteiger partial charge on any atom is -0.392 e. The van der Waals surface area contributed by atoms with Crippen LogP contribution in [0.5, 0.6) is 0 Å². The van der Waals surface area contributed by atoms with Gasteiger partial charge in [-0.1, -0.05) is 23.7 Å². The molecule has 17 heavy (non-hydrogen) atoms. The summed E-state index contributed by atoms with van der Waals surface area (Å²) >= 11 is 6.05. The first-order chi connectivity index (χ1) is 8.26. The predicted molar refractivity (Wildman–Crippen MR) is 72.6 cm³/mol. The molecule has 1 aromatic carbocycles. The summed E-state index contributed by atoms with van der Waals surface area (Å²) in [5, 5.41) is 10.1. The summed E-state index contributed by atoms with van der Waals surface area (Å²) in [7, 11) is 0. The highest BCUT2D eigenvalue weighted by molar-refractivity contribution is 6.30. The Morgan fingerprint density at radius 1 is 1.53 bits per heavy atom. The molecule has 1 atom stereocenters. The second-order valence-corrected chi connectivity index (χ2v) is 4.88. The van der Waals surface area contributed by atoms with Crippen molar-refractivity contribution in [1.29, 1.82) is 0 Å². The Morgan fingerprint density at radius 3 is 3.06 bits per heavy atom. The zero-order chi connectivity index (χ0) is 12.3. The lowest BCUT2D eigenvalue weighted by molar-refractivity contribution is 0.282. The second kappa shape index (κ2) is 5.56. The summed E-state index contributed by atoms with van der Waals surface area (Å²) in [5.74, 6) is 0. The largest absolute Gasteiger partial charge is 0.392 e. The fourth-order valence-corrected chi connectivity index (χ4v) is 2.69. The van der Waals surface area contributed by atoms with Gasteiger partial charge in [-0.3, -0.25) is 0 Å². The van der Waals surface area contributed by atoms with E-state index >= 15 is 0 Å². The lowest BCUT2D eigenvalue weighted by atomic mass is 10.1. The van der Waals surface area contributed by atoms with Gasteiger partial charge in [-0.2, -0.15) is 0 Å². The number of aliphatic hydroxyl groups is 1. The van der Waals surface area contributed by atoms with Gasteiger partial charge in [0.15, 0.2) is 0 Å². The van der Waals surface area contributed by atoms with Crippen molar-refractivity contribution in [2.45, 2.75) is 31.9 Å². The molecule has 1 fully saturated rings. The first kappa shape index (κ1) is 12.5. The number of rotatable bonds is 4. The number of hydrogen-bond acceptors (Lipinski definition) is 2. The fraction of sp³-hybridized carbons (Fsp3) is 0.429. The molecule has 0 radical (unpaired) electrons. The Morgan fingerprint density at radius 2 is 2.35 bits per heavy atom. The van der Waals surface area contributed by atoms with Crippen molar-refractivity contribution in [1.82, 2.24) is 0 Å². The summed E-state index contributed by atoms with van der Waals surface area (Å²) in [6.45, 7) is 4.90. The molecule has 92 valence electrons. The Kier molecular flexibility index (Phi) is 4.08. The normalized spacial score (nSPS) is 19.6. The molecule has 2 rings (SSSR count). The van der Waals surface area contributed by atoms with E-state index in [1.165, 1.54) is 12.8 Å². The molecule has 1 unspecified atom stereocenters. The average molecular weight is 252 g/mol. The average Bonchev–Trinajstić information content (AvgIpc) is 2.77. The van der Waals surface area contributed by atoms with Crippen molar-refractivity contribution >= 4 is 17.3 Å². The summed E-state index contributed by atoms with van der Waals surface area (Å²) in [5.41, 5.74) is 2.02. The molecule has 3 heteroatoms. The number of aliphatic hydroxyl groups excluding tert-OH is 1. The standard InChI is InChI=1S/C14H18ClNO/c1-2-4-13-5-3-8-16(13)14-9-12(15)7-6-11(14)10-17/h2,6-7,9,13,17H,1,3-5,8,10H2. The van der Waals surface area contributed by atoms with E-state index in [4.69, 9.17) is 11.6 Å². The molecule has 0 aromatic heterocycles. The lowest BCUT2D eigenvalue weighted by Crippen LogP contribution is -2.29. The van der Waals surface area contributed by atoms with Gasteiger partial charge >= 0.3 is 0 Å². The van der Waals surface area contributed by atoms with Crippen molar-refractivity contribution in [2.75, 3.05) is 11.4 Å². The Bertz CT molecular complexity index is 405. The molecule has 0 amide bonds. The van der Waals surface area contributed by atoms with Gasteiger partial charge in [0.1, 0.15) is 0 Å². The third kappa shape index (κ3) is 2.64. The number of hydrogen-bond donors (Lipinski definition) is 1. The molecule has 2 nitrogen and oxygen atoms in total.